The highest BCUT2D eigenvalue weighted by Gasteiger charge is 2.08. The third kappa shape index (κ3) is 4.63. The SMILES string of the molecule is COc1ccc(C(=O)C=Cc2cccnc2Nc2ccc(Cl)cc2Cl)cc1N. The molecule has 0 bridgehead atoms. The molecule has 3 rings (SSSR count). The van der Waals surface area contributed by atoms with Crippen LogP contribution in [0.1, 0.15) is 15.9 Å². The van der Waals surface area contributed by atoms with Crippen LogP contribution in [0.4, 0.5) is 17.2 Å². The lowest BCUT2D eigenvalue weighted by Crippen LogP contribution is -1.99. The largest absolute Gasteiger partial charge is 0.495 e. The molecule has 0 aliphatic carbocycles. The number of carbonyl (C=O) groups is 1. The van der Waals surface area contributed by atoms with Gasteiger partial charge < -0.3 is 15.8 Å². The number of benzene rings is 2. The molecule has 0 spiro atoms. The van der Waals surface area contributed by atoms with Crippen LogP contribution in [0.5, 0.6) is 5.75 Å². The molecular weight excluding hydrogens is 397 g/mol. The van der Waals surface area contributed by atoms with Gasteiger partial charge in [0.05, 0.1) is 23.5 Å². The first-order valence-corrected chi connectivity index (χ1v) is 9.06. The predicted molar refractivity (Wildman–Crippen MR) is 115 cm³/mol. The number of allylic oxidation sites excluding steroid dienone is 1. The van der Waals surface area contributed by atoms with E-state index in [1.165, 1.54) is 13.2 Å². The smallest absolute Gasteiger partial charge is 0.185 e. The average Bonchev–Trinajstić information content (AvgIpc) is 2.69. The highest BCUT2D eigenvalue weighted by molar-refractivity contribution is 6.36. The number of rotatable bonds is 6. The van der Waals surface area contributed by atoms with E-state index in [9.17, 15) is 4.79 Å². The maximum Gasteiger partial charge on any atom is 0.185 e. The van der Waals surface area contributed by atoms with E-state index in [0.29, 0.717) is 38.6 Å². The Morgan fingerprint density at radius 1 is 1.18 bits per heavy atom. The zero-order chi connectivity index (χ0) is 20.1. The lowest BCUT2D eigenvalue weighted by atomic mass is 10.1. The molecular formula is C21H17Cl2N3O2. The van der Waals surface area contributed by atoms with Crippen LogP contribution < -0.4 is 15.8 Å². The van der Waals surface area contributed by atoms with Gasteiger partial charge in [-0.15, -0.1) is 0 Å². The van der Waals surface area contributed by atoms with E-state index in [0.717, 1.165) is 5.56 Å². The number of halogens is 2. The van der Waals surface area contributed by atoms with Gasteiger partial charge in [-0.1, -0.05) is 23.2 Å². The second kappa shape index (κ2) is 8.78. The quantitative estimate of drug-likeness (QED) is 0.311. The molecule has 0 saturated carbocycles. The minimum atomic E-state index is -0.186. The summed E-state index contributed by atoms with van der Waals surface area (Å²) in [4.78, 5) is 16.8. The number of hydrogen-bond donors (Lipinski definition) is 2. The molecule has 142 valence electrons. The summed E-state index contributed by atoms with van der Waals surface area (Å²) in [7, 11) is 1.52. The predicted octanol–water partition coefficient (Wildman–Crippen LogP) is 5.62. The van der Waals surface area contributed by atoms with Crippen LogP contribution in [-0.4, -0.2) is 17.9 Å². The van der Waals surface area contributed by atoms with Gasteiger partial charge in [-0.05, 0) is 60.7 Å². The molecule has 1 aromatic heterocycles. The summed E-state index contributed by atoms with van der Waals surface area (Å²) in [6.07, 6.45) is 4.80. The second-order valence-electron chi connectivity index (χ2n) is 5.84. The molecule has 0 aliphatic rings. The lowest BCUT2D eigenvalue weighted by Gasteiger charge is -2.10. The molecule has 1 heterocycles. The van der Waals surface area contributed by atoms with Crippen molar-refractivity contribution < 1.29 is 9.53 Å². The molecule has 0 aliphatic heterocycles. The van der Waals surface area contributed by atoms with Gasteiger partial charge in [0.25, 0.3) is 0 Å². The van der Waals surface area contributed by atoms with Gasteiger partial charge in [-0.25, -0.2) is 4.98 Å². The van der Waals surface area contributed by atoms with Gasteiger partial charge in [0.2, 0.25) is 0 Å². The number of hydrogen-bond acceptors (Lipinski definition) is 5. The molecule has 0 fully saturated rings. The van der Waals surface area contributed by atoms with Crippen molar-refractivity contribution in [2.45, 2.75) is 0 Å². The number of nitrogens with one attached hydrogen (secondary N) is 1. The summed E-state index contributed by atoms with van der Waals surface area (Å²) >= 11 is 12.1. The average molecular weight is 414 g/mol. The number of anilines is 3. The van der Waals surface area contributed by atoms with E-state index in [1.807, 2.05) is 6.07 Å². The van der Waals surface area contributed by atoms with Crippen LogP contribution in [-0.2, 0) is 0 Å². The van der Waals surface area contributed by atoms with Crippen molar-refractivity contribution in [3.63, 3.8) is 0 Å². The summed E-state index contributed by atoms with van der Waals surface area (Å²) in [5.74, 6) is 0.901. The summed E-state index contributed by atoms with van der Waals surface area (Å²) in [6.45, 7) is 0. The molecule has 2 aromatic carbocycles. The van der Waals surface area contributed by atoms with Crippen LogP contribution in [0.15, 0.2) is 60.8 Å². The summed E-state index contributed by atoms with van der Waals surface area (Å²) < 4.78 is 5.11. The Hall–Kier alpha value is -3.02. The fraction of sp³-hybridized carbons (Fsp3) is 0.0476. The van der Waals surface area contributed by atoms with Crippen molar-refractivity contribution in [2.75, 3.05) is 18.2 Å². The van der Waals surface area contributed by atoms with E-state index >= 15 is 0 Å². The first kappa shape index (κ1) is 19.7. The van der Waals surface area contributed by atoms with Crippen LogP contribution >= 0.6 is 23.2 Å². The highest BCUT2D eigenvalue weighted by atomic mass is 35.5. The van der Waals surface area contributed by atoms with Crippen molar-refractivity contribution >= 4 is 52.3 Å². The van der Waals surface area contributed by atoms with Gasteiger partial charge in [0, 0.05) is 22.3 Å². The fourth-order valence-electron chi connectivity index (χ4n) is 2.52. The van der Waals surface area contributed by atoms with E-state index in [-0.39, 0.29) is 5.78 Å². The van der Waals surface area contributed by atoms with Crippen LogP contribution in [0.2, 0.25) is 10.0 Å². The number of ketones is 1. The number of nitrogens with two attached hydrogens (primary N) is 1. The Morgan fingerprint density at radius 3 is 2.71 bits per heavy atom. The fourth-order valence-corrected chi connectivity index (χ4v) is 2.98. The third-order valence-corrected chi connectivity index (χ3v) is 4.50. The number of pyridine rings is 1. The molecule has 0 radical (unpaired) electrons. The van der Waals surface area contributed by atoms with Crippen molar-refractivity contribution in [3.8, 4) is 5.75 Å². The van der Waals surface area contributed by atoms with Crippen molar-refractivity contribution in [3.05, 3.63) is 82.0 Å². The number of aromatic nitrogens is 1. The van der Waals surface area contributed by atoms with Crippen LogP contribution in [0.3, 0.4) is 0 Å². The van der Waals surface area contributed by atoms with Gasteiger partial charge in [0.15, 0.2) is 5.78 Å². The Labute approximate surface area is 172 Å². The molecule has 0 atom stereocenters. The normalized spacial score (nSPS) is 10.8. The highest BCUT2D eigenvalue weighted by Crippen LogP contribution is 2.29. The van der Waals surface area contributed by atoms with Crippen LogP contribution in [0, 0.1) is 0 Å². The minimum Gasteiger partial charge on any atom is -0.495 e. The number of nitrogen functional groups attached to an aromatic ring is 1. The molecule has 3 N–H and O–H groups in total. The maximum atomic E-state index is 12.5. The topological polar surface area (TPSA) is 77.2 Å². The summed E-state index contributed by atoms with van der Waals surface area (Å²) in [5.41, 5.74) is 8.13. The first-order chi connectivity index (χ1) is 13.5. The van der Waals surface area contributed by atoms with E-state index in [1.54, 1.807) is 54.7 Å². The third-order valence-electron chi connectivity index (χ3n) is 3.95. The molecule has 0 saturated heterocycles. The lowest BCUT2D eigenvalue weighted by molar-refractivity contribution is 0.104. The maximum absolute atomic E-state index is 12.5. The van der Waals surface area contributed by atoms with E-state index in [2.05, 4.69) is 10.3 Å². The Kier molecular flexibility index (Phi) is 6.19. The number of ether oxygens (including phenoxy) is 1. The minimum absolute atomic E-state index is 0.186. The second-order valence-corrected chi connectivity index (χ2v) is 6.69. The summed E-state index contributed by atoms with van der Waals surface area (Å²) in [5, 5.41) is 4.17. The molecule has 0 amide bonds. The van der Waals surface area contributed by atoms with Gasteiger partial charge in [0.1, 0.15) is 11.6 Å². The summed E-state index contributed by atoms with van der Waals surface area (Å²) in [6, 6.07) is 13.7. The zero-order valence-corrected chi connectivity index (χ0v) is 16.5. The molecule has 5 nitrogen and oxygen atoms in total. The molecule has 0 unspecified atom stereocenters. The standard InChI is InChI=1S/C21H17Cl2N3O2/c1-28-20-9-5-14(11-17(20)24)19(27)8-4-13-3-2-10-25-21(13)26-18-7-6-15(22)12-16(18)23/h2-12H,24H2,1H3,(H,25,26). The van der Waals surface area contributed by atoms with Crippen molar-refractivity contribution in [1.82, 2.24) is 4.98 Å². The van der Waals surface area contributed by atoms with Crippen molar-refractivity contribution in [2.24, 2.45) is 0 Å². The van der Waals surface area contributed by atoms with Crippen LogP contribution in [0.25, 0.3) is 6.08 Å². The Balaban J connectivity index is 1.82. The van der Waals surface area contributed by atoms with Gasteiger partial charge in [-0.2, -0.15) is 0 Å². The molecule has 7 heteroatoms. The van der Waals surface area contributed by atoms with E-state index in [4.69, 9.17) is 33.7 Å². The molecule has 3 aromatic rings. The number of carbonyl (C=O) groups excluding carboxylic acids is 1. The Morgan fingerprint density at radius 2 is 2.00 bits per heavy atom. The Bertz CT molecular complexity index is 1050. The number of nitrogens with zero attached hydrogens (tertiary/aromatic N) is 1. The zero-order valence-electron chi connectivity index (χ0n) is 14.9. The first-order valence-electron chi connectivity index (χ1n) is 8.31. The monoisotopic (exact) mass is 413 g/mol. The van der Waals surface area contributed by atoms with Gasteiger partial charge in [-0.3, -0.25) is 4.79 Å². The van der Waals surface area contributed by atoms with E-state index < -0.39 is 0 Å². The molecule has 28 heavy (non-hydrogen) atoms. The van der Waals surface area contributed by atoms with Gasteiger partial charge >= 0.3 is 0 Å². The van der Waals surface area contributed by atoms with Crippen molar-refractivity contribution in [1.29, 1.82) is 0 Å². The number of methoxy groups -OCH3 is 1.